The van der Waals surface area contributed by atoms with Gasteiger partial charge >= 0.3 is 0 Å². The van der Waals surface area contributed by atoms with Crippen molar-refractivity contribution < 1.29 is 9.15 Å². The van der Waals surface area contributed by atoms with Crippen molar-refractivity contribution in [2.24, 2.45) is 0 Å². The van der Waals surface area contributed by atoms with Gasteiger partial charge in [0.1, 0.15) is 29.1 Å². The number of pyridine rings is 1. The van der Waals surface area contributed by atoms with Crippen LogP contribution in [0.3, 0.4) is 0 Å². The number of rotatable bonds is 6. The Hall–Kier alpha value is -3.84. The van der Waals surface area contributed by atoms with Crippen LogP contribution in [0.1, 0.15) is 29.1 Å². The molecule has 0 amide bonds. The van der Waals surface area contributed by atoms with Gasteiger partial charge in [-0.2, -0.15) is 0 Å². The third-order valence-electron chi connectivity index (χ3n) is 6.58. The minimum Gasteiger partial charge on any atom is -0.459 e. The Labute approximate surface area is 242 Å². The molecular weight excluding hydrogens is 549 g/mol. The van der Waals surface area contributed by atoms with Gasteiger partial charge in [-0.15, -0.1) is 0 Å². The highest BCUT2D eigenvalue weighted by atomic mass is 35.5. The van der Waals surface area contributed by atoms with Gasteiger partial charge in [-0.05, 0) is 98.0 Å². The quantitative estimate of drug-likeness (QED) is 0.205. The molecule has 0 unspecified atom stereocenters. The zero-order chi connectivity index (χ0) is 26.9. The minimum absolute atomic E-state index is 0.234. The van der Waals surface area contributed by atoms with E-state index in [9.17, 15) is 0 Å². The highest BCUT2D eigenvalue weighted by molar-refractivity contribution is 7.80. The maximum absolute atomic E-state index is 6.48. The fourth-order valence-corrected chi connectivity index (χ4v) is 5.53. The van der Waals surface area contributed by atoms with E-state index >= 15 is 0 Å². The largest absolute Gasteiger partial charge is 0.459 e. The van der Waals surface area contributed by atoms with E-state index < -0.39 is 0 Å². The molecule has 8 heteroatoms. The summed E-state index contributed by atoms with van der Waals surface area (Å²) in [7, 11) is 0. The number of hydrogen-bond donors (Lipinski definition) is 1. The molecule has 5 nitrogen and oxygen atoms in total. The minimum atomic E-state index is -0.295. The van der Waals surface area contributed by atoms with Gasteiger partial charge < -0.3 is 19.4 Å². The Morgan fingerprint density at radius 3 is 2.33 bits per heavy atom. The lowest BCUT2D eigenvalue weighted by Crippen LogP contribution is -2.29. The van der Waals surface area contributed by atoms with E-state index in [2.05, 4.69) is 15.2 Å². The second kappa shape index (κ2) is 10.7. The molecule has 6 rings (SSSR count). The standard InChI is InChI=1S/C31H23Cl2N3O2S/c1-19-5-10-22(11-6-19)37-23-12-8-21(9-13-23)36-30(29(35-31(36)39)26-4-2-3-17-34-26)28-16-15-27(38-28)24-14-7-20(32)18-25(24)33/h2-18,29-30H,1H3,(H,35,39)/t29-,30-/m1/s1. The van der Waals surface area contributed by atoms with Crippen molar-refractivity contribution in [2.75, 3.05) is 4.90 Å². The summed E-state index contributed by atoms with van der Waals surface area (Å²) in [6.07, 6.45) is 1.78. The number of furan rings is 1. The topological polar surface area (TPSA) is 50.5 Å². The molecule has 1 saturated heterocycles. The molecular formula is C31H23Cl2N3O2S. The van der Waals surface area contributed by atoms with E-state index in [0.29, 0.717) is 20.9 Å². The first-order valence-corrected chi connectivity index (χ1v) is 13.5. The van der Waals surface area contributed by atoms with Crippen molar-refractivity contribution in [1.82, 2.24) is 10.3 Å². The smallest absolute Gasteiger partial charge is 0.174 e. The van der Waals surface area contributed by atoms with E-state index in [0.717, 1.165) is 34.2 Å². The maximum Gasteiger partial charge on any atom is 0.174 e. The number of halogens is 2. The van der Waals surface area contributed by atoms with Crippen LogP contribution < -0.4 is 15.0 Å². The summed E-state index contributed by atoms with van der Waals surface area (Å²) in [5.41, 5.74) is 3.70. The molecule has 0 radical (unpaired) electrons. The molecule has 2 atom stereocenters. The monoisotopic (exact) mass is 571 g/mol. The van der Waals surface area contributed by atoms with Crippen LogP contribution in [0.4, 0.5) is 5.69 Å². The zero-order valence-electron chi connectivity index (χ0n) is 20.8. The Morgan fingerprint density at radius 1 is 0.897 bits per heavy atom. The predicted molar refractivity (Wildman–Crippen MR) is 160 cm³/mol. The van der Waals surface area contributed by atoms with Crippen LogP contribution in [0.5, 0.6) is 11.5 Å². The van der Waals surface area contributed by atoms with Gasteiger partial charge in [0, 0.05) is 22.5 Å². The van der Waals surface area contributed by atoms with Crippen LogP contribution in [0.15, 0.2) is 108 Å². The number of thiocarbonyl (C=S) groups is 1. The van der Waals surface area contributed by atoms with Crippen molar-refractivity contribution in [3.8, 4) is 22.8 Å². The molecule has 0 saturated carbocycles. The van der Waals surface area contributed by atoms with Gasteiger partial charge in [0.25, 0.3) is 0 Å². The number of nitrogens with zero attached hydrogens (tertiary/aromatic N) is 2. The van der Waals surface area contributed by atoms with Crippen LogP contribution in [-0.2, 0) is 0 Å². The number of ether oxygens (including phenoxy) is 1. The highest BCUT2D eigenvalue weighted by Crippen LogP contribution is 2.44. The van der Waals surface area contributed by atoms with Crippen molar-refractivity contribution in [3.05, 3.63) is 130 Å². The summed E-state index contributed by atoms with van der Waals surface area (Å²) in [6, 6.07) is 30.3. The third kappa shape index (κ3) is 5.23. The van der Waals surface area contributed by atoms with Crippen molar-refractivity contribution >= 4 is 46.2 Å². The van der Waals surface area contributed by atoms with Crippen LogP contribution in [0.25, 0.3) is 11.3 Å². The van der Waals surface area contributed by atoms with Crippen LogP contribution in [-0.4, -0.2) is 10.1 Å². The van der Waals surface area contributed by atoms with E-state index in [1.165, 1.54) is 5.56 Å². The number of aromatic nitrogens is 1. The first-order chi connectivity index (χ1) is 19.0. The SMILES string of the molecule is Cc1ccc(Oc2ccc(N3C(=S)N[C@H](c4ccccn4)[C@H]3c3ccc(-c4ccc(Cl)cc4Cl)o3)cc2)cc1. The number of nitrogens with one attached hydrogen (secondary N) is 1. The average molecular weight is 573 g/mol. The van der Waals surface area contributed by atoms with Crippen LogP contribution in [0.2, 0.25) is 10.0 Å². The van der Waals surface area contributed by atoms with Crippen LogP contribution in [0, 0.1) is 6.92 Å². The highest BCUT2D eigenvalue weighted by Gasteiger charge is 2.42. The lowest BCUT2D eigenvalue weighted by atomic mass is 10.0. The van der Waals surface area contributed by atoms with Gasteiger partial charge in [0.2, 0.25) is 0 Å². The molecule has 3 aromatic carbocycles. The Balaban J connectivity index is 1.35. The maximum atomic E-state index is 6.48. The number of aryl methyl sites for hydroxylation is 1. The molecule has 194 valence electrons. The number of benzene rings is 3. The van der Waals surface area contributed by atoms with E-state index in [-0.39, 0.29) is 12.1 Å². The van der Waals surface area contributed by atoms with Gasteiger partial charge in [-0.1, -0.05) is 47.0 Å². The second-order valence-electron chi connectivity index (χ2n) is 9.23. The lowest BCUT2D eigenvalue weighted by molar-refractivity contribution is 0.439. The fraction of sp³-hybridized carbons (Fsp3) is 0.0968. The molecule has 5 aromatic rings. The molecule has 1 fully saturated rings. The summed E-state index contributed by atoms with van der Waals surface area (Å²) < 4.78 is 12.5. The van der Waals surface area contributed by atoms with Crippen molar-refractivity contribution in [3.63, 3.8) is 0 Å². The molecule has 1 N–H and O–H groups in total. The predicted octanol–water partition coefficient (Wildman–Crippen LogP) is 8.93. The second-order valence-corrected chi connectivity index (χ2v) is 10.5. The summed E-state index contributed by atoms with van der Waals surface area (Å²) in [4.78, 5) is 6.66. The molecule has 1 aliphatic rings. The summed E-state index contributed by atoms with van der Waals surface area (Å²) in [5, 5.41) is 5.12. The first kappa shape index (κ1) is 25.4. The summed E-state index contributed by atoms with van der Waals surface area (Å²) in [5.74, 6) is 2.88. The summed E-state index contributed by atoms with van der Waals surface area (Å²) >= 11 is 18.4. The first-order valence-electron chi connectivity index (χ1n) is 12.4. The Morgan fingerprint density at radius 2 is 1.64 bits per heavy atom. The molecule has 0 spiro atoms. The molecule has 0 aliphatic carbocycles. The molecule has 3 heterocycles. The zero-order valence-corrected chi connectivity index (χ0v) is 23.2. The van der Waals surface area contributed by atoms with E-state index in [4.69, 9.17) is 44.6 Å². The molecule has 1 aliphatic heterocycles. The lowest BCUT2D eigenvalue weighted by Gasteiger charge is -2.26. The number of anilines is 1. The van der Waals surface area contributed by atoms with Gasteiger partial charge in [0.05, 0.1) is 16.8 Å². The van der Waals surface area contributed by atoms with Crippen molar-refractivity contribution in [1.29, 1.82) is 0 Å². The number of hydrogen-bond acceptors (Lipinski definition) is 4. The van der Waals surface area contributed by atoms with Gasteiger partial charge in [-0.3, -0.25) is 4.98 Å². The Bertz CT molecular complexity index is 1620. The normalized spacial score (nSPS) is 16.8. The average Bonchev–Trinajstić information content (AvgIpc) is 3.55. The molecule has 2 aromatic heterocycles. The molecule has 0 bridgehead atoms. The van der Waals surface area contributed by atoms with Crippen molar-refractivity contribution in [2.45, 2.75) is 19.0 Å². The van der Waals surface area contributed by atoms with E-state index in [1.54, 1.807) is 18.3 Å². The fourth-order valence-electron chi connectivity index (χ4n) is 4.68. The van der Waals surface area contributed by atoms with Gasteiger partial charge in [0.15, 0.2) is 5.11 Å². The van der Waals surface area contributed by atoms with E-state index in [1.807, 2.05) is 91.9 Å². The molecule has 39 heavy (non-hydrogen) atoms. The Kier molecular flexibility index (Phi) is 7.00. The van der Waals surface area contributed by atoms with Crippen LogP contribution >= 0.6 is 35.4 Å². The third-order valence-corrected chi connectivity index (χ3v) is 7.45. The van der Waals surface area contributed by atoms with Gasteiger partial charge in [-0.25, -0.2) is 0 Å². The summed E-state index contributed by atoms with van der Waals surface area (Å²) in [6.45, 7) is 2.05.